The third-order valence-electron chi connectivity index (χ3n) is 9.51. The maximum Gasteiger partial charge on any atom is 0.0751 e. The fourth-order valence-electron chi connectivity index (χ4n) is 8.20. The van der Waals surface area contributed by atoms with Crippen LogP contribution >= 0.6 is 0 Å². The molecule has 0 amide bonds. The Morgan fingerprint density at radius 2 is 1.03 bits per heavy atom. The molecule has 0 fully saturated rings. The van der Waals surface area contributed by atoms with Crippen molar-refractivity contribution in [3.05, 3.63) is 159 Å². The molecule has 36 heavy (non-hydrogen) atoms. The highest BCUT2D eigenvalue weighted by Gasteiger charge is 2.58. The van der Waals surface area contributed by atoms with Crippen LogP contribution in [0.1, 0.15) is 69.8 Å². The van der Waals surface area contributed by atoms with Crippen molar-refractivity contribution in [2.24, 2.45) is 0 Å². The van der Waals surface area contributed by atoms with Gasteiger partial charge in [0, 0.05) is 16.9 Å². The molecule has 0 radical (unpaired) electrons. The lowest BCUT2D eigenvalue weighted by molar-refractivity contribution is 0.591. The number of para-hydroxylation sites is 2. The monoisotopic (exact) mass is 459 g/mol. The number of hydrogen-bond donors (Lipinski definition) is 0. The highest BCUT2D eigenvalue weighted by molar-refractivity contribution is 5.98. The van der Waals surface area contributed by atoms with Crippen LogP contribution in [0.3, 0.4) is 0 Å². The standard InChI is InChI=1S/C35H25N/c1-34(2)26-15-7-9-17-29(26)36-30-18-10-8-16-27(30)35-24-13-5-3-11-21(24)31(22-12-4-6-14-25(22)35)23-19-20-28(34)33(36)32(23)35/h3-20,31H,1-2H3. The number of rotatable bonds is 0. The number of fused-ring (bicyclic) bond motifs is 4. The minimum Gasteiger partial charge on any atom is -0.309 e. The first-order valence-corrected chi connectivity index (χ1v) is 13.0. The van der Waals surface area contributed by atoms with E-state index in [1.807, 2.05) is 0 Å². The lowest BCUT2D eigenvalue weighted by atomic mass is 9.48. The summed E-state index contributed by atoms with van der Waals surface area (Å²) >= 11 is 0. The zero-order chi connectivity index (χ0) is 23.8. The van der Waals surface area contributed by atoms with Gasteiger partial charge < -0.3 is 4.90 Å². The number of hydrogen-bond acceptors (Lipinski definition) is 1. The summed E-state index contributed by atoms with van der Waals surface area (Å²) in [5, 5.41) is 0. The molecule has 2 heterocycles. The van der Waals surface area contributed by atoms with Crippen molar-refractivity contribution in [2.75, 3.05) is 4.90 Å². The lowest BCUT2D eigenvalue weighted by Crippen LogP contribution is -2.48. The largest absolute Gasteiger partial charge is 0.309 e. The number of nitrogens with zero attached hydrogens (tertiary/aromatic N) is 1. The van der Waals surface area contributed by atoms with E-state index in [1.54, 1.807) is 0 Å². The topological polar surface area (TPSA) is 3.24 Å². The number of anilines is 3. The molecule has 3 aliphatic carbocycles. The molecule has 2 bridgehead atoms. The van der Waals surface area contributed by atoms with Gasteiger partial charge in [-0.3, -0.25) is 0 Å². The van der Waals surface area contributed by atoms with Crippen LogP contribution < -0.4 is 4.90 Å². The lowest BCUT2D eigenvalue weighted by Gasteiger charge is -2.58. The van der Waals surface area contributed by atoms with Gasteiger partial charge in [0.15, 0.2) is 0 Å². The predicted molar refractivity (Wildman–Crippen MR) is 146 cm³/mol. The molecule has 0 atom stereocenters. The first kappa shape index (κ1) is 19.1. The highest BCUT2D eigenvalue weighted by Crippen LogP contribution is 2.70. The van der Waals surface area contributed by atoms with Crippen LogP contribution in [0.2, 0.25) is 0 Å². The zero-order valence-corrected chi connectivity index (χ0v) is 20.4. The van der Waals surface area contributed by atoms with E-state index in [9.17, 15) is 0 Å². The third kappa shape index (κ3) is 1.83. The van der Waals surface area contributed by atoms with Gasteiger partial charge in [0.25, 0.3) is 0 Å². The smallest absolute Gasteiger partial charge is 0.0751 e. The summed E-state index contributed by atoms with van der Waals surface area (Å²) < 4.78 is 0. The van der Waals surface area contributed by atoms with Crippen LogP contribution in [0, 0.1) is 0 Å². The van der Waals surface area contributed by atoms with Gasteiger partial charge in [-0.15, -0.1) is 0 Å². The van der Waals surface area contributed by atoms with Gasteiger partial charge in [-0.05, 0) is 56.6 Å². The Hall–Kier alpha value is -4.10. The molecular weight excluding hydrogens is 434 g/mol. The van der Waals surface area contributed by atoms with E-state index in [0.717, 1.165) is 0 Å². The summed E-state index contributed by atoms with van der Waals surface area (Å²) in [7, 11) is 0. The van der Waals surface area contributed by atoms with Crippen molar-refractivity contribution in [1.29, 1.82) is 0 Å². The summed E-state index contributed by atoms with van der Waals surface area (Å²) in [4.78, 5) is 2.58. The fraction of sp³-hybridized carbons (Fsp3) is 0.143. The third-order valence-corrected chi connectivity index (χ3v) is 9.51. The Labute approximate surface area is 211 Å². The van der Waals surface area contributed by atoms with Gasteiger partial charge in [-0.25, -0.2) is 0 Å². The van der Waals surface area contributed by atoms with Crippen LogP contribution in [-0.4, -0.2) is 0 Å². The summed E-state index contributed by atoms with van der Waals surface area (Å²) in [6.45, 7) is 4.80. The van der Waals surface area contributed by atoms with Crippen molar-refractivity contribution in [2.45, 2.75) is 30.6 Å². The Balaban J connectivity index is 1.56. The molecule has 1 nitrogen and oxygen atoms in total. The van der Waals surface area contributed by atoms with Gasteiger partial charge in [0.2, 0.25) is 0 Å². The van der Waals surface area contributed by atoms with Gasteiger partial charge in [-0.1, -0.05) is 111 Å². The molecular formula is C35H25N. The Morgan fingerprint density at radius 1 is 0.500 bits per heavy atom. The highest BCUT2D eigenvalue weighted by atomic mass is 15.2. The molecule has 1 heteroatoms. The van der Waals surface area contributed by atoms with E-state index < -0.39 is 0 Å². The second-order valence-electron chi connectivity index (χ2n) is 11.3. The van der Waals surface area contributed by atoms with Crippen molar-refractivity contribution >= 4 is 17.1 Å². The van der Waals surface area contributed by atoms with Crippen LogP contribution in [0.5, 0.6) is 0 Å². The molecule has 2 aliphatic heterocycles. The van der Waals surface area contributed by atoms with Crippen molar-refractivity contribution in [1.82, 2.24) is 0 Å². The van der Waals surface area contributed by atoms with Crippen LogP contribution in [0.15, 0.2) is 109 Å². The maximum atomic E-state index is 2.58. The molecule has 0 unspecified atom stereocenters. The summed E-state index contributed by atoms with van der Waals surface area (Å²) in [6, 6.07) is 41.5. The molecule has 0 saturated heterocycles. The van der Waals surface area contributed by atoms with Crippen molar-refractivity contribution in [3.63, 3.8) is 0 Å². The quantitative estimate of drug-likeness (QED) is 0.220. The van der Waals surface area contributed by atoms with Gasteiger partial charge in [0.05, 0.1) is 22.5 Å². The minimum absolute atomic E-state index is 0.0827. The van der Waals surface area contributed by atoms with Gasteiger partial charge in [-0.2, -0.15) is 0 Å². The molecule has 0 N–H and O–H groups in total. The molecule has 5 aliphatic rings. The first-order valence-electron chi connectivity index (χ1n) is 13.0. The zero-order valence-electron chi connectivity index (χ0n) is 20.4. The molecule has 5 aromatic carbocycles. The van der Waals surface area contributed by atoms with E-state index >= 15 is 0 Å². The van der Waals surface area contributed by atoms with E-state index in [4.69, 9.17) is 0 Å². The Kier molecular flexibility index (Phi) is 3.18. The second kappa shape index (κ2) is 5.99. The van der Waals surface area contributed by atoms with Crippen LogP contribution in [-0.2, 0) is 10.8 Å². The molecule has 0 saturated carbocycles. The van der Waals surface area contributed by atoms with Crippen LogP contribution in [0.25, 0.3) is 0 Å². The van der Waals surface area contributed by atoms with E-state index in [-0.39, 0.29) is 16.7 Å². The molecule has 0 aromatic heterocycles. The predicted octanol–water partition coefficient (Wildman–Crippen LogP) is 8.30. The number of benzene rings is 5. The average Bonchev–Trinajstić information content (AvgIpc) is 2.93. The van der Waals surface area contributed by atoms with E-state index in [2.05, 4.69) is 128 Å². The van der Waals surface area contributed by atoms with Crippen LogP contribution in [0.4, 0.5) is 17.1 Å². The molecule has 1 spiro atoms. The van der Waals surface area contributed by atoms with Crippen molar-refractivity contribution < 1.29 is 0 Å². The van der Waals surface area contributed by atoms with Gasteiger partial charge in [0.1, 0.15) is 0 Å². The normalized spacial score (nSPS) is 22.2. The molecule has 5 aromatic rings. The van der Waals surface area contributed by atoms with E-state index in [0.29, 0.717) is 0 Å². The fourth-order valence-corrected chi connectivity index (χ4v) is 8.20. The first-order chi connectivity index (χ1) is 17.6. The second-order valence-corrected chi connectivity index (χ2v) is 11.3. The summed E-state index contributed by atoms with van der Waals surface area (Å²) in [5.41, 5.74) is 16.7. The summed E-state index contributed by atoms with van der Waals surface area (Å²) in [5.74, 6) is 0.270. The Bertz CT molecular complexity index is 1740. The van der Waals surface area contributed by atoms with Gasteiger partial charge >= 0.3 is 0 Å². The molecule has 10 rings (SSSR count). The Morgan fingerprint density at radius 3 is 1.69 bits per heavy atom. The minimum atomic E-state index is -0.307. The van der Waals surface area contributed by atoms with E-state index in [1.165, 1.54) is 67.1 Å². The molecule has 170 valence electrons. The average molecular weight is 460 g/mol. The SMILES string of the molecule is CC1(C)c2ccccc2N2c3ccccc3C34c5ccccc5C(c5ccccc53)c3ccc1c2c34. The maximum absolute atomic E-state index is 2.58. The summed E-state index contributed by atoms with van der Waals surface area (Å²) in [6.07, 6.45) is 0. The van der Waals surface area contributed by atoms with Crippen molar-refractivity contribution in [3.8, 4) is 0 Å².